The molecule has 1 aliphatic heterocycles. The summed E-state index contributed by atoms with van der Waals surface area (Å²) in [6.45, 7) is 8.47. The SMILES string of the molecule is Cc1cc(C(=O)COC(=O)CN2C(=O)N[C@](C)(CCC(C)C)C2=O)c(C)n1C. The second-order valence-electron chi connectivity index (χ2n) is 8.01. The van der Waals surface area contributed by atoms with Crippen molar-refractivity contribution in [2.24, 2.45) is 13.0 Å². The van der Waals surface area contributed by atoms with E-state index in [0.717, 1.165) is 22.7 Å². The van der Waals surface area contributed by atoms with Gasteiger partial charge >= 0.3 is 12.0 Å². The number of urea groups is 1. The number of hydrogen-bond acceptors (Lipinski definition) is 5. The van der Waals surface area contributed by atoms with Gasteiger partial charge in [-0.25, -0.2) is 4.79 Å². The zero-order valence-electron chi connectivity index (χ0n) is 17.4. The second-order valence-corrected chi connectivity index (χ2v) is 8.01. The molecule has 0 saturated carbocycles. The van der Waals surface area contributed by atoms with Gasteiger partial charge in [0.2, 0.25) is 5.78 Å². The van der Waals surface area contributed by atoms with Gasteiger partial charge in [-0.2, -0.15) is 0 Å². The summed E-state index contributed by atoms with van der Waals surface area (Å²) < 4.78 is 6.89. The van der Waals surface area contributed by atoms with Gasteiger partial charge in [0.1, 0.15) is 12.1 Å². The van der Waals surface area contributed by atoms with Crippen molar-refractivity contribution in [3.8, 4) is 0 Å². The lowest BCUT2D eigenvalue weighted by molar-refractivity contribution is -0.146. The fraction of sp³-hybridized carbons (Fsp3) is 0.600. The molecule has 0 aromatic carbocycles. The highest BCUT2D eigenvalue weighted by molar-refractivity contribution is 6.08. The number of aryl methyl sites for hydroxylation is 1. The van der Waals surface area contributed by atoms with Gasteiger partial charge in [-0.05, 0) is 45.6 Å². The molecule has 0 bridgehead atoms. The van der Waals surface area contributed by atoms with Gasteiger partial charge in [0.05, 0.1) is 0 Å². The quantitative estimate of drug-likeness (QED) is 0.416. The van der Waals surface area contributed by atoms with Crippen LogP contribution in [0.3, 0.4) is 0 Å². The minimum atomic E-state index is -1.02. The average molecular weight is 391 g/mol. The van der Waals surface area contributed by atoms with Crippen LogP contribution >= 0.6 is 0 Å². The fourth-order valence-corrected chi connectivity index (χ4v) is 3.17. The highest BCUT2D eigenvalue weighted by atomic mass is 16.5. The molecule has 8 nitrogen and oxygen atoms in total. The second kappa shape index (κ2) is 8.16. The van der Waals surface area contributed by atoms with E-state index in [1.54, 1.807) is 13.0 Å². The lowest BCUT2D eigenvalue weighted by atomic mass is 9.92. The number of hydrogen-bond donors (Lipinski definition) is 1. The monoisotopic (exact) mass is 391 g/mol. The summed E-state index contributed by atoms with van der Waals surface area (Å²) in [5, 5.41) is 2.66. The summed E-state index contributed by atoms with van der Waals surface area (Å²) in [6, 6.07) is 1.12. The van der Waals surface area contributed by atoms with Crippen molar-refractivity contribution in [2.75, 3.05) is 13.2 Å². The molecule has 1 aromatic rings. The molecule has 1 aliphatic rings. The Bertz CT molecular complexity index is 811. The first kappa shape index (κ1) is 21.7. The van der Waals surface area contributed by atoms with Gasteiger partial charge in [0, 0.05) is 24.0 Å². The average Bonchev–Trinajstić information content (AvgIpc) is 3.00. The van der Waals surface area contributed by atoms with Crippen molar-refractivity contribution in [1.82, 2.24) is 14.8 Å². The maximum Gasteiger partial charge on any atom is 0.326 e. The number of rotatable bonds is 8. The molecule has 8 heteroatoms. The van der Waals surface area contributed by atoms with Crippen molar-refractivity contribution in [1.29, 1.82) is 0 Å². The number of nitrogens with one attached hydrogen (secondary N) is 1. The molecule has 28 heavy (non-hydrogen) atoms. The van der Waals surface area contributed by atoms with E-state index in [1.165, 1.54) is 0 Å². The molecule has 2 heterocycles. The first-order chi connectivity index (χ1) is 13.0. The third-order valence-electron chi connectivity index (χ3n) is 5.29. The molecule has 0 unspecified atom stereocenters. The molecule has 1 N–H and O–H groups in total. The minimum absolute atomic E-state index is 0.325. The molecule has 0 spiro atoms. The van der Waals surface area contributed by atoms with Gasteiger partial charge in [-0.3, -0.25) is 19.3 Å². The molecule has 3 amide bonds. The van der Waals surface area contributed by atoms with Crippen molar-refractivity contribution < 1.29 is 23.9 Å². The largest absolute Gasteiger partial charge is 0.456 e. The van der Waals surface area contributed by atoms with Crippen LogP contribution in [0, 0.1) is 19.8 Å². The maximum absolute atomic E-state index is 12.6. The Balaban J connectivity index is 1.93. The van der Waals surface area contributed by atoms with E-state index < -0.39 is 36.6 Å². The molecule has 1 fully saturated rings. The van der Waals surface area contributed by atoms with Gasteiger partial charge in [-0.15, -0.1) is 0 Å². The van der Waals surface area contributed by atoms with Crippen LogP contribution in [0.5, 0.6) is 0 Å². The van der Waals surface area contributed by atoms with E-state index in [-0.39, 0.29) is 5.78 Å². The highest BCUT2D eigenvalue weighted by Gasteiger charge is 2.48. The van der Waals surface area contributed by atoms with Gasteiger partial charge < -0.3 is 14.6 Å². The molecule has 1 saturated heterocycles. The Morgan fingerprint density at radius 2 is 1.89 bits per heavy atom. The Morgan fingerprint density at radius 1 is 1.25 bits per heavy atom. The van der Waals surface area contributed by atoms with E-state index >= 15 is 0 Å². The normalized spacial score (nSPS) is 19.3. The fourth-order valence-electron chi connectivity index (χ4n) is 3.17. The number of amides is 3. The smallest absolute Gasteiger partial charge is 0.326 e. The number of esters is 1. The Labute approximate surface area is 165 Å². The van der Waals surface area contributed by atoms with Crippen molar-refractivity contribution in [2.45, 2.75) is 53.0 Å². The number of aromatic nitrogens is 1. The van der Waals surface area contributed by atoms with Gasteiger partial charge in [0.25, 0.3) is 5.91 Å². The van der Waals surface area contributed by atoms with Crippen LogP contribution in [0.15, 0.2) is 6.07 Å². The van der Waals surface area contributed by atoms with Gasteiger partial charge in [0.15, 0.2) is 6.61 Å². The topological polar surface area (TPSA) is 97.7 Å². The summed E-state index contributed by atoms with van der Waals surface area (Å²) >= 11 is 0. The standard InChI is InChI=1S/C20H29N3O5/c1-12(2)7-8-20(5)18(26)23(19(27)21-20)10-17(25)28-11-16(24)15-9-13(3)22(6)14(15)4/h9,12H,7-8,10-11H2,1-6H3,(H,21,27)/t20-/m1/s1. The van der Waals surface area contributed by atoms with E-state index in [1.807, 2.05) is 39.3 Å². The Kier molecular flexibility index (Phi) is 6.31. The molecular weight excluding hydrogens is 362 g/mol. The number of carbonyl (C=O) groups is 4. The van der Waals surface area contributed by atoms with Crippen LogP contribution in [0.2, 0.25) is 0 Å². The molecule has 154 valence electrons. The summed E-state index contributed by atoms with van der Waals surface area (Å²) in [5.41, 5.74) is 1.18. The predicted octanol–water partition coefficient (Wildman–Crippen LogP) is 2.11. The van der Waals surface area contributed by atoms with Crippen LogP contribution in [0.1, 0.15) is 55.4 Å². The third kappa shape index (κ3) is 4.43. The number of carbonyl (C=O) groups excluding carboxylic acids is 4. The van der Waals surface area contributed by atoms with E-state index in [4.69, 9.17) is 4.74 Å². The van der Waals surface area contributed by atoms with E-state index in [0.29, 0.717) is 17.9 Å². The van der Waals surface area contributed by atoms with Crippen LogP contribution in [-0.2, 0) is 21.4 Å². The first-order valence-electron chi connectivity index (χ1n) is 9.42. The lowest BCUT2D eigenvalue weighted by Gasteiger charge is -2.22. The molecule has 0 aliphatic carbocycles. The van der Waals surface area contributed by atoms with Crippen molar-refractivity contribution in [3.05, 3.63) is 23.0 Å². The molecule has 1 aromatic heterocycles. The van der Waals surface area contributed by atoms with E-state index in [9.17, 15) is 19.2 Å². The van der Waals surface area contributed by atoms with Crippen LogP contribution < -0.4 is 5.32 Å². The highest BCUT2D eigenvalue weighted by Crippen LogP contribution is 2.24. The summed E-state index contributed by atoms with van der Waals surface area (Å²) in [6.07, 6.45) is 1.26. The third-order valence-corrected chi connectivity index (χ3v) is 5.29. The zero-order valence-corrected chi connectivity index (χ0v) is 17.4. The molecular formula is C20H29N3O5. The molecule has 0 radical (unpaired) electrons. The van der Waals surface area contributed by atoms with Crippen molar-refractivity contribution in [3.63, 3.8) is 0 Å². The lowest BCUT2D eigenvalue weighted by Crippen LogP contribution is -2.44. The maximum atomic E-state index is 12.6. The molecule has 1 atom stereocenters. The summed E-state index contributed by atoms with van der Waals surface area (Å²) in [7, 11) is 1.85. The molecule has 2 rings (SSSR count). The van der Waals surface area contributed by atoms with Crippen LogP contribution in [0.25, 0.3) is 0 Å². The predicted molar refractivity (Wildman–Crippen MR) is 103 cm³/mol. The number of imide groups is 1. The number of ether oxygens (including phenoxy) is 1. The van der Waals surface area contributed by atoms with Crippen molar-refractivity contribution >= 4 is 23.7 Å². The minimum Gasteiger partial charge on any atom is -0.456 e. The van der Waals surface area contributed by atoms with E-state index in [2.05, 4.69) is 5.32 Å². The first-order valence-corrected chi connectivity index (χ1v) is 9.42. The van der Waals surface area contributed by atoms with Crippen LogP contribution in [-0.4, -0.2) is 51.8 Å². The Hall–Kier alpha value is -2.64. The number of ketones is 1. The summed E-state index contributed by atoms with van der Waals surface area (Å²) in [5.74, 6) is -1.18. The van der Waals surface area contributed by atoms with Gasteiger partial charge in [-0.1, -0.05) is 13.8 Å². The van der Waals surface area contributed by atoms with Crippen LogP contribution in [0.4, 0.5) is 4.79 Å². The Morgan fingerprint density at radius 3 is 2.43 bits per heavy atom. The number of Topliss-reactive ketones (excluding diaryl/α,β-unsaturated/α-hetero) is 1. The zero-order chi connectivity index (χ0) is 21.2. The number of nitrogens with zero attached hydrogens (tertiary/aromatic N) is 2. The summed E-state index contributed by atoms with van der Waals surface area (Å²) in [4.78, 5) is 50.0.